The quantitative estimate of drug-likeness (QED) is 0.501. The maximum atomic E-state index is 13.6. The Morgan fingerprint density at radius 1 is 1.11 bits per heavy atom. The highest BCUT2D eigenvalue weighted by Crippen LogP contribution is 2.42. The van der Waals surface area contributed by atoms with E-state index in [0.717, 1.165) is 35.7 Å². The van der Waals surface area contributed by atoms with Gasteiger partial charge in [-0.2, -0.15) is 13.2 Å². The van der Waals surface area contributed by atoms with E-state index < -0.39 is 11.7 Å². The molecule has 3 N–H and O–H groups in total. The van der Waals surface area contributed by atoms with Gasteiger partial charge in [-0.15, -0.1) is 0 Å². The van der Waals surface area contributed by atoms with Crippen LogP contribution >= 0.6 is 11.6 Å². The van der Waals surface area contributed by atoms with Crippen LogP contribution in [0.2, 0.25) is 5.02 Å². The summed E-state index contributed by atoms with van der Waals surface area (Å²) in [7, 11) is 3.84. The Morgan fingerprint density at radius 3 is 2.50 bits per heavy atom. The van der Waals surface area contributed by atoms with Crippen molar-refractivity contribution < 1.29 is 13.2 Å². The first-order valence-electron chi connectivity index (χ1n) is 9.12. The molecule has 0 radical (unpaired) electrons. The number of H-pyrrole nitrogens is 1. The zero-order chi connectivity index (χ0) is 20.5. The summed E-state index contributed by atoms with van der Waals surface area (Å²) < 4.78 is 40.7. The highest BCUT2D eigenvalue weighted by molar-refractivity contribution is 6.36. The third-order valence-electron chi connectivity index (χ3n) is 4.85. The van der Waals surface area contributed by atoms with E-state index in [9.17, 15) is 13.2 Å². The van der Waals surface area contributed by atoms with Crippen LogP contribution in [0.1, 0.15) is 24.0 Å². The Morgan fingerprint density at radius 2 is 1.86 bits per heavy atom. The van der Waals surface area contributed by atoms with Crippen LogP contribution in [0.15, 0.2) is 36.4 Å². The van der Waals surface area contributed by atoms with Gasteiger partial charge in [0.05, 0.1) is 16.1 Å². The number of fused-ring (bicyclic) bond motifs is 1. The number of benzene rings is 2. The molecule has 2 aromatic carbocycles. The highest BCUT2D eigenvalue weighted by atomic mass is 35.5. The number of alkyl halides is 3. The SMILES string of the molecule is CN(C)c1cccc(-c2[nH]c3c(C(F)(F)F)ccc(Cl)c3c2CCCCN)c1. The van der Waals surface area contributed by atoms with Crippen LogP contribution in [0, 0.1) is 0 Å². The standard InChI is InChI=1S/C21H23ClF3N3/c1-28(2)14-7-5-6-13(12-14)19-15(8-3-4-11-26)18-17(22)10-9-16(20(18)27-19)21(23,24)25/h5-7,9-10,12,27H,3-4,8,11,26H2,1-2H3. The number of nitrogens with one attached hydrogen (secondary N) is 1. The molecule has 3 nitrogen and oxygen atoms in total. The Bertz CT molecular complexity index is 977. The van der Waals surface area contributed by atoms with Crippen molar-refractivity contribution in [3.63, 3.8) is 0 Å². The van der Waals surface area contributed by atoms with Crippen LogP contribution < -0.4 is 10.6 Å². The van der Waals surface area contributed by atoms with Crippen LogP contribution in [0.5, 0.6) is 0 Å². The molecule has 0 fully saturated rings. The van der Waals surface area contributed by atoms with Crippen LogP contribution in [0.25, 0.3) is 22.2 Å². The summed E-state index contributed by atoms with van der Waals surface area (Å²) in [6.07, 6.45) is -2.30. The van der Waals surface area contributed by atoms with Gasteiger partial charge in [0.1, 0.15) is 0 Å². The molecular weight excluding hydrogens is 387 g/mol. The van der Waals surface area contributed by atoms with Crippen LogP contribution in [-0.2, 0) is 12.6 Å². The number of aromatic amines is 1. The molecule has 0 aliphatic rings. The van der Waals surface area contributed by atoms with E-state index in [-0.39, 0.29) is 5.52 Å². The van der Waals surface area contributed by atoms with Crippen molar-refractivity contribution in [1.29, 1.82) is 0 Å². The Labute approximate surface area is 167 Å². The molecule has 0 unspecified atom stereocenters. The lowest BCUT2D eigenvalue weighted by atomic mass is 9.99. The zero-order valence-corrected chi connectivity index (χ0v) is 16.6. The zero-order valence-electron chi connectivity index (χ0n) is 15.8. The summed E-state index contributed by atoms with van der Waals surface area (Å²) in [5.74, 6) is 0. The first-order valence-corrected chi connectivity index (χ1v) is 9.50. The van der Waals surface area contributed by atoms with E-state index >= 15 is 0 Å². The molecule has 1 heterocycles. The average Bonchev–Trinajstić information content (AvgIpc) is 3.01. The maximum absolute atomic E-state index is 13.6. The minimum Gasteiger partial charge on any atom is -0.378 e. The van der Waals surface area contributed by atoms with E-state index in [1.807, 2.05) is 43.3 Å². The molecule has 150 valence electrons. The van der Waals surface area contributed by atoms with Gasteiger partial charge in [0.2, 0.25) is 0 Å². The molecule has 0 spiro atoms. The molecule has 1 aromatic heterocycles. The molecule has 0 atom stereocenters. The number of rotatable bonds is 6. The Kier molecular flexibility index (Phi) is 5.91. The van der Waals surface area contributed by atoms with Gasteiger partial charge in [-0.1, -0.05) is 23.7 Å². The van der Waals surface area contributed by atoms with Gasteiger partial charge < -0.3 is 15.6 Å². The Balaban J connectivity index is 2.27. The molecule has 0 saturated heterocycles. The number of nitrogens with two attached hydrogens (primary N) is 1. The number of hydrogen-bond acceptors (Lipinski definition) is 2. The summed E-state index contributed by atoms with van der Waals surface area (Å²) in [5.41, 5.74) is 8.20. The summed E-state index contributed by atoms with van der Waals surface area (Å²) in [6, 6.07) is 10.1. The fraction of sp³-hybridized carbons (Fsp3) is 0.333. The number of unbranched alkanes of at least 4 members (excludes halogenated alkanes) is 1. The van der Waals surface area contributed by atoms with E-state index in [1.54, 1.807) is 0 Å². The first-order chi connectivity index (χ1) is 13.2. The lowest BCUT2D eigenvalue weighted by Gasteiger charge is -2.14. The average molecular weight is 410 g/mol. The minimum atomic E-state index is -4.47. The Hall–Kier alpha value is -2.18. The maximum Gasteiger partial charge on any atom is 0.418 e. The predicted octanol–water partition coefficient (Wildman–Crippen LogP) is 5.85. The van der Waals surface area contributed by atoms with Crippen molar-refractivity contribution in [3.8, 4) is 11.3 Å². The van der Waals surface area contributed by atoms with Crippen LogP contribution in [0.4, 0.5) is 18.9 Å². The van der Waals surface area contributed by atoms with Gasteiger partial charge in [-0.25, -0.2) is 0 Å². The number of hydrogen-bond donors (Lipinski definition) is 2. The van der Waals surface area contributed by atoms with Crippen molar-refractivity contribution in [3.05, 3.63) is 52.5 Å². The topological polar surface area (TPSA) is 45.0 Å². The molecular formula is C21H23ClF3N3. The van der Waals surface area contributed by atoms with Crippen LogP contribution in [-0.4, -0.2) is 25.6 Å². The summed E-state index contributed by atoms with van der Waals surface area (Å²) in [5, 5.41) is 0.760. The molecule has 0 amide bonds. The van der Waals surface area contributed by atoms with E-state index in [4.69, 9.17) is 17.3 Å². The molecule has 28 heavy (non-hydrogen) atoms. The molecule has 3 rings (SSSR count). The minimum absolute atomic E-state index is 0.0352. The number of aromatic nitrogens is 1. The fourth-order valence-electron chi connectivity index (χ4n) is 3.45. The number of halogens is 4. The van der Waals surface area contributed by atoms with Gasteiger partial charge >= 0.3 is 6.18 Å². The second-order valence-corrected chi connectivity index (χ2v) is 7.42. The third-order valence-corrected chi connectivity index (χ3v) is 5.16. The number of nitrogens with zero attached hydrogens (tertiary/aromatic N) is 1. The molecule has 0 aliphatic heterocycles. The molecule has 0 aliphatic carbocycles. The third kappa shape index (κ3) is 3.98. The summed E-state index contributed by atoms with van der Waals surface area (Å²) in [6.45, 7) is 0.537. The van der Waals surface area contributed by atoms with Gasteiger partial charge in [-0.3, -0.25) is 0 Å². The number of anilines is 1. The van der Waals surface area contributed by atoms with Crippen molar-refractivity contribution in [1.82, 2.24) is 4.98 Å². The smallest absolute Gasteiger partial charge is 0.378 e. The normalized spacial score (nSPS) is 12.0. The molecule has 0 saturated carbocycles. The largest absolute Gasteiger partial charge is 0.418 e. The second kappa shape index (κ2) is 8.05. The molecule has 0 bridgehead atoms. The van der Waals surface area contributed by atoms with Crippen LogP contribution in [0.3, 0.4) is 0 Å². The van der Waals surface area contributed by atoms with E-state index in [0.29, 0.717) is 29.1 Å². The van der Waals surface area contributed by atoms with Gasteiger partial charge in [0.15, 0.2) is 0 Å². The number of aryl methyl sites for hydroxylation is 1. The lowest BCUT2D eigenvalue weighted by molar-refractivity contribution is -0.136. The van der Waals surface area contributed by atoms with E-state index in [2.05, 4.69) is 4.98 Å². The van der Waals surface area contributed by atoms with Crippen molar-refractivity contribution >= 4 is 28.2 Å². The fourth-order valence-corrected chi connectivity index (χ4v) is 3.72. The van der Waals surface area contributed by atoms with Crippen molar-refractivity contribution in [2.75, 3.05) is 25.5 Å². The summed E-state index contributed by atoms with van der Waals surface area (Å²) >= 11 is 6.36. The van der Waals surface area contributed by atoms with Gasteiger partial charge in [-0.05, 0) is 55.6 Å². The first kappa shape index (κ1) is 20.6. The van der Waals surface area contributed by atoms with Gasteiger partial charge in [0, 0.05) is 36.4 Å². The van der Waals surface area contributed by atoms with Gasteiger partial charge in [0.25, 0.3) is 0 Å². The molecule has 3 aromatic rings. The summed E-state index contributed by atoms with van der Waals surface area (Å²) in [4.78, 5) is 4.99. The van der Waals surface area contributed by atoms with E-state index in [1.165, 1.54) is 6.07 Å². The lowest BCUT2D eigenvalue weighted by Crippen LogP contribution is -2.08. The van der Waals surface area contributed by atoms with Crippen molar-refractivity contribution in [2.24, 2.45) is 5.73 Å². The second-order valence-electron chi connectivity index (χ2n) is 7.01. The monoisotopic (exact) mass is 409 g/mol. The van der Waals surface area contributed by atoms with Crippen molar-refractivity contribution in [2.45, 2.75) is 25.4 Å². The highest BCUT2D eigenvalue weighted by Gasteiger charge is 2.34. The molecule has 7 heteroatoms. The predicted molar refractivity (Wildman–Crippen MR) is 110 cm³/mol.